The number of piperidine rings is 1. The van der Waals surface area contributed by atoms with Crippen molar-refractivity contribution in [3.8, 4) is 0 Å². The van der Waals surface area contributed by atoms with Crippen LogP contribution in [0.4, 0.5) is 0 Å². The second kappa shape index (κ2) is 5.67. The lowest BCUT2D eigenvalue weighted by molar-refractivity contribution is 0.0953. The molecule has 2 saturated heterocycles. The fourth-order valence-corrected chi connectivity index (χ4v) is 2.82. The summed E-state index contributed by atoms with van der Waals surface area (Å²) in [6.07, 6.45) is 2.51. The number of likely N-dealkylation sites (tertiary alicyclic amines) is 1. The fourth-order valence-electron chi connectivity index (χ4n) is 2.82. The standard InChI is InChI=1S/C12H24N2O.ClH/c1-12(2)9-14(8-11(12)15)7-10-4-3-5-13-6-10;/h10-11,13,15H,3-9H2,1-2H3;1H. The average molecular weight is 249 g/mol. The van der Waals surface area contributed by atoms with Gasteiger partial charge < -0.3 is 10.4 Å². The van der Waals surface area contributed by atoms with Crippen molar-refractivity contribution in [1.82, 2.24) is 10.2 Å². The predicted molar refractivity (Wildman–Crippen MR) is 69.1 cm³/mol. The van der Waals surface area contributed by atoms with E-state index in [0.29, 0.717) is 0 Å². The highest BCUT2D eigenvalue weighted by atomic mass is 35.5. The molecular weight excluding hydrogens is 224 g/mol. The van der Waals surface area contributed by atoms with Crippen LogP contribution >= 0.6 is 12.4 Å². The summed E-state index contributed by atoms with van der Waals surface area (Å²) in [5, 5.41) is 13.4. The Hall–Kier alpha value is 0.170. The number of nitrogens with one attached hydrogen (secondary N) is 1. The largest absolute Gasteiger partial charge is 0.391 e. The molecule has 2 heterocycles. The molecule has 0 aromatic rings. The first kappa shape index (κ1) is 14.2. The Kier molecular flexibility index (Phi) is 5.05. The number of aliphatic hydroxyl groups is 1. The number of nitrogens with zero attached hydrogens (tertiary/aromatic N) is 1. The van der Waals surface area contributed by atoms with E-state index in [2.05, 4.69) is 24.1 Å². The Bertz CT molecular complexity index is 217. The van der Waals surface area contributed by atoms with Crippen LogP contribution in [-0.4, -0.2) is 48.8 Å². The highest BCUT2D eigenvalue weighted by Crippen LogP contribution is 2.30. The third-order valence-corrected chi connectivity index (χ3v) is 3.88. The third kappa shape index (κ3) is 3.33. The number of hydrogen-bond donors (Lipinski definition) is 2. The van der Waals surface area contributed by atoms with Crippen LogP contribution in [0.3, 0.4) is 0 Å². The van der Waals surface area contributed by atoms with E-state index in [1.165, 1.54) is 19.4 Å². The SMILES string of the molecule is CC1(C)CN(CC2CCCNC2)CC1O.Cl. The molecule has 2 aliphatic rings. The summed E-state index contributed by atoms with van der Waals surface area (Å²) >= 11 is 0. The first-order valence-electron chi connectivity index (χ1n) is 6.19. The highest BCUT2D eigenvalue weighted by molar-refractivity contribution is 5.85. The molecule has 2 unspecified atom stereocenters. The Morgan fingerprint density at radius 3 is 2.69 bits per heavy atom. The molecule has 0 aliphatic carbocycles. The van der Waals surface area contributed by atoms with Crippen molar-refractivity contribution in [2.75, 3.05) is 32.7 Å². The van der Waals surface area contributed by atoms with Crippen molar-refractivity contribution in [3.63, 3.8) is 0 Å². The minimum Gasteiger partial charge on any atom is -0.391 e. The van der Waals surface area contributed by atoms with Gasteiger partial charge in [0.25, 0.3) is 0 Å². The smallest absolute Gasteiger partial charge is 0.0730 e. The topological polar surface area (TPSA) is 35.5 Å². The van der Waals surface area contributed by atoms with Crippen LogP contribution in [0.15, 0.2) is 0 Å². The van der Waals surface area contributed by atoms with Crippen LogP contribution in [0.2, 0.25) is 0 Å². The molecule has 2 rings (SSSR count). The fraction of sp³-hybridized carbons (Fsp3) is 1.00. The molecule has 0 spiro atoms. The van der Waals surface area contributed by atoms with Crippen molar-refractivity contribution in [2.45, 2.75) is 32.8 Å². The summed E-state index contributed by atoms with van der Waals surface area (Å²) in [6, 6.07) is 0. The Morgan fingerprint density at radius 1 is 1.44 bits per heavy atom. The van der Waals surface area contributed by atoms with Crippen LogP contribution < -0.4 is 5.32 Å². The number of rotatable bonds is 2. The van der Waals surface area contributed by atoms with Gasteiger partial charge in [0.05, 0.1) is 6.10 Å². The van der Waals surface area contributed by atoms with Crippen molar-refractivity contribution >= 4 is 12.4 Å². The minimum absolute atomic E-state index is 0. The second-order valence-corrected chi connectivity index (χ2v) is 5.91. The quantitative estimate of drug-likeness (QED) is 0.769. The van der Waals surface area contributed by atoms with E-state index < -0.39 is 0 Å². The van der Waals surface area contributed by atoms with Crippen LogP contribution in [0.5, 0.6) is 0 Å². The predicted octanol–water partition coefficient (Wildman–Crippen LogP) is 1.11. The maximum absolute atomic E-state index is 9.90. The lowest BCUT2D eigenvalue weighted by Crippen LogP contribution is -2.38. The molecule has 0 radical (unpaired) electrons. The van der Waals surface area contributed by atoms with Gasteiger partial charge >= 0.3 is 0 Å². The molecule has 0 amide bonds. The maximum atomic E-state index is 9.90. The van der Waals surface area contributed by atoms with Gasteiger partial charge in [-0.15, -0.1) is 12.4 Å². The van der Waals surface area contributed by atoms with Crippen LogP contribution in [0.1, 0.15) is 26.7 Å². The Balaban J connectivity index is 0.00000128. The van der Waals surface area contributed by atoms with Gasteiger partial charge in [0.2, 0.25) is 0 Å². The normalized spacial score (nSPS) is 34.7. The van der Waals surface area contributed by atoms with Gasteiger partial charge in [-0.2, -0.15) is 0 Å². The summed E-state index contributed by atoms with van der Waals surface area (Å²) < 4.78 is 0. The molecule has 4 heteroatoms. The molecule has 0 aromatic carbocycles. The van der Waals surface area contributed by atoms with Crippen molar-refractivity contribution in [1.29, 1.82) is 0 Å². The summed E-state index contributed by atoms with van der Waals surface area (Å²) in [6.45, 7) is 9.74. The maximum Gasteiger partial charge on any atom is 0.0730 e. The Labute approximate surface area is 105 Å². The first-order chi connectivity index (χ1) is 7.08. The van der Waals surface area contributed by atoms with Crippen molar-refractivity contribution < 1.29 is 5.11 Å². The monoisotopic (exact) mass is 248 g/mol. The van der Waals surface area contributed by atoms with Gasteiger partial charge in [0, 0.05) is 25.0 Å². The van der Waals surface area contributed by atoms with Crippen LogP contribution in [0, 0.1) is 11.3 Å². The van der Waals surface area contributed by atoms with Gasteiger partial charge in [-0.1, -0.05) is 13.8 Å². The van der Waals surface area contributed by atoms with Gasteiger partial charge in [-0.05, 0) is 31.8 Å². The Morgan fingerprint density at radius 2 is 2.19 bits per heavy atom. The molecule has 0 bridgehead atoms. The first-order valence-corrected chi connectivity index (χ1v) is 6.19. The highest BCUT2D eigenvalue weighted by Gasteiger charge is 2.38. The van der Waals surface area contributed by atoms with Crippen LogP contribution in [-0.2, 0) is 0 Å². The van der Waals surface area contributed by atoms with E-state index >= 15 is 0 Å². The lowest BCUT2D eigenvalue weighted by atomic mass is 9.90. The molecule has 96 valence electrons. The van der Waals surface area contributed by atoms with Gasteiger partial charge in [-0.3, -0.25) is 4.90 Å². The molecule has 0 aromatic heterocycles. The second-order valence-electron chi connectivity index (χ2n) is 5.91. The molecule has 2 N–H and O–H groups in total. The molecule has 0 saturated carbocycles. The molecule has 16 heavy (non-hydrogen) atoms. The van der Waals surface area contributed by atoms with E-state index in [4.69, 9.17) is 0 Å². The van der Waals surface area contributed by atoms with Gasteiger partial charge in [0.15, 0.2) is 0 Å². The summed E-state index contributed by atoms with van der Waals surface area (Å²) in [5.74, 6) is 0.792. The van der Waals surface area contributed by atoms with E-state index in [9.17, 15) is 5.11 Å². The number of aliphatic hydroxyl groups excluding tert-OH is 1. The van der Waals surface area contributed by atoms with Crippen molar-refractivity contribution in [3.05, 3.63) is 0 Å². The number of halogens is 1. The molecule has 2 aliphatic heterocycles. The van der Waals surface area contributed by atoms with Gasteiger partial charge in [0.1, 0.15) is 0 Å². The summed E-state index contributed by atoms with van der Waals surface area (Å²) in [7, 11) is 0. The van der Waals surface area contributed by atoms with E-state index in [1.807, 2.05) is 0 Å². The van der Waals surface area contributed by atoms with Crippen molar-refractivity contribution in [2.24, 2.45) is 11.3 Å². The number of β-amino-alcohol motifs (C(OH)–C–C–N with tert-alkyl or cyclic N) is 1. The summed E-state index contributed by atoms with van der Waals surface area (Å²) in [5.41, 5.74) is 0.0854. The molecular formula is C12H25ClN2O. The molecule has 2 fully saturated rings. The minimum atomic E-state index is -0.144. The average Bonchev–Trinajstić information content (AvgIpc) is 2.42. The van der Waals surface area contributed by atoms with E-state index in [0.717, 1.165) is 32.1 Å². The third-order valence-electron chi connectivity index (χ3n) is 3.88. The zero-order valence-electron chi connectivity index (χ0n) is 10.4. The zero-order valence-corrected chi connectivity index (χ0v) is 11.2. The zero-order chi connectivity index (χ0) is 10.9. The van der Waals surface area contributed by atoms with E-state index in [-0.39, 0.29) is 23.9 Å². The number of hydrogen-bond acceptors (Lipinski definition) is 3. The van der Waals surface area contributed by atoms with E-state index in [1.54, 1.807) is 0 Å². The van der Waals surface area contributed by atoms with Crippen LogP contribution in [0.25, 0.3) is 0 Å². The molecule has 3 nitrogen and oxygen atoms in total. The lowest BCUT2D eigenvalue weighted by Gasteiger charge is -2.28. The molecule has 2 atom stereocenters. The summed E-state index contributed by atoms with van der Waals surface area (Å²) in [4.78, 5) is 2.43. The van der Waals surface area contributed by atoms with Gasteiger partial charge in [-0.25, -0.2) is 0 Å².